The second-order valence-electron chi connectivity index (χ2n) is 14.1. The average Bonchev–Trinajstić information content (AvgIpc) is 3.75. The molecule has 3 nitrogen and oxygen atoms in total. The highest BCUT2D eigenvalue weighted by molar-refractivity contribution is 6.04. The summed E-state index contributed by atoms with van der Waals surface area (Å²) in [5, 5.41) is 3.46. The first-order valence-corrected chi connectivity index (χ1v) is 18.5. The van der Waals surface area contributed by atoms with Crippen LogP contribution in [0.3, 0.4) is 0 Å². The van der Waals surface area contributed by atoms with E-state index in [4.69, 9.17) is 4.98 Å². The maximum atomic E-state index is 5.07. The van der Waals surface area contributed by atoms with Gasteiger partial charge in [0.25, 0.3) is 0 Å². The summed E-state index contributed by atoms with van der Waals surface area (Å²) in [6, 6.07) is 70.3. The van der Waals surface area contributed by atoms with E-state index in [1.165, 1.54) is 55.5 Å². The Morgan fingerprint density at radius 1 is 0.444 bits per heavy atom. The minimum absolute atomic E-state index is 0.468. The predicted octanol–water partition coefficient (Wildman–Crippen LogP) is 12.4. The molecule has 0 spiro atoms. The van der Waals surface area contributed by atoms with Crippen molar-refractivity contribution in [1.29, 1.82) is 0 Å². The second-order valence-corrected chi connectivity index (χ2v) is 14.1. The number of hydrogen-bond acceptors (Lipinski definition) is 2. The van der Waals surface area contributed by atoms with Crippen molar-refractivity contribution in [1.82, 2.24) is 14.5 Å². The van der Waals surface area contributed by atoms with Crippen molar-refractivity contribution in [3.05, 3.63) is 223 Å². The topological polar surface area (TPSA) is 30.7 Å². The molecule has 0 N–H and O–H groups in total. The summed E-state index contributed by atoms with van der Waals surface area (Å²) < 4.78 is 2.48. The van der Waals surface area contributed by atoms with Crippen LogP contribution in [-0.4, -0.2) is 14.5 Å². The molecule has 10 aromatic rings. The van der Waals surface area contributed by atoms with Crippen LogP contribution < -0.4 is 0 Å². The Morgan fingerprint density at radius 2 is 1.04 bits per heavy atom. The van der Waals surface area contributed by atoms with E-state index in [0.29, 0.717) is 0 Å². The third kappa shape index (κ3) is 4.42. The molecular formula is C51H33N3. The first kappa shape index (κ1) is 30.5. The van der Waals surface area contributed by atoms with E-state index < -0.39 is 5.41 Å². The Bertz CT molecular complexity index is 2980. The summed E-state index contributed by atoms with van der Waals surface area (Å²) in [5.74, 6) is 0. The molecule has 0 aliphatic heterocycles. The molecule has 0 unspecified atom stereocenters. The molecule has 0 saturated heterocycles. The van der Waals surface area contributed by atoms with E-state index in [1.54, 1.807) is 0 Å². The Labute approximate surface area is 313 Å². The molecule has 0 fully saturated rings. The lowest BCUT2D eigenvalue weighted by atomic mass is 9.67. The summed E-state index contributed by atoms with van der Waals surface area (Å²) in [5.41, 5.74) is 15.8. The number of para-hydroxylation sites is 1. The largest absolute Gasteiger partial charge is 0.309 e. The van der Waals surface area contributed by atoms with E-state index in [0.717, 1.165) is 38.8 Å². The molecule has 0 amide bonds. The number of fused-ring (bicyclic) bond motifs is 8. The number of nitrogens with zero attached hydrogens (tertiary/aromatic N) is 3. The number of rotatable bonds is 5. The Morgan fingerprint density at radius 3 is 1.78 bits per heavy atom. The van der Waals surface area contributed by atoms with Crippen LogP contribution in [-0.2, 0) is 5.41 Å². The van der Waals surface area contributed by atoms with Crippen molar-refractivity contribution in [2.45, 2.75) is 5.41 Å². The SMILES string of the molecule is c1ccc(C2(c3ccccc3)c3ccccc3-c3c2c2ccccc2n3-c2ccc(-c3ccc(-c4ccc5ccc6cccnc6c5n4)cc3)cc2)cc1. The van der Waals surface area contributed by atoms with E-state index in [1.807, 2.05) is 12.3 Å². The minimum Gasteiger partial charge on any atom is -0.309 e. The first-order valence-electron chi connectivity index (χ1n) is 18.5. The minimum atomic E-state index is -0.468. The van der Waals surface area contributed by atoms with Crippen molar-refractivity contribution in [2.75, 3.05) is 0 Å². The molecule has 0 atom stereocenters. The third-order valence-corrected chi connectivity index (χ3v) is 11.3. The van der Waals surface area contributed by atoms with Crippen LogP contribution in [0.4, 0.5) is 0 Å². The van der Waals surface area contributed by atoms with Crippen molar-refractivity contribution in [3.8, 4) is 39.3 Å². The van der Waals surface area contributed by atoms with Gasteiger partial charge >= 0.3 is 0 Å². The number of aromatic nitrogens is 3. The normalized spacial score (nSPS) is 13.0. The van der Waals surface area contributed by atoms with Crippen LogP contribution in [0.1, 0.15) is 22.3 Å². The van der Waals surface area contributed by atoms with Crippen LogP contribution in [0.2, 0.25) is 0 Å². The molecule has 252 valence electrons. The quantitative estimate of drug-likeness (QED) is 0.169. The highest BCUT2D eigenvalue weighted by atomic mass is 15.0. The van der Waals surface area contributed by atoms with Gasteiger partial charge in [-0.1, -0.05) is 164 Å². The molecule has 1 aliphatic rings. The fourth-order valence-electron chi connectivity index (χ4n) is 8.96. The van der Waals surface area contributed by atoms with Crippen molar-refractivity contribution >= 4 is 32.7 Å². The van der Waals surface area contributed by atoms with E-state index in [9.17, 15) is 0 Å². The standard InChI is InChI=1S/C51H33N3/c1-3-13-39(14-4-1)51(40-15-5-2-6-16-40)44-19-9-7-17-42(44)50-47(51)43-18-8-10-20-46(43)54(50)41-30-27-35(28-31-41)34-21-23-36(24-22-34)45-32-29-38-26-25-37-12-11-33-52-48(37)49(38)53-45/h1-33H. The van der Waals surface area contributed by atoms with Crippen LogP contribution in [0.25, 0.3) is 72.0 Å². The second kappa shape index (κ2) is 12.0. The molecule has 0 bridgehead atoms. The van der Waals surface area contributed by atoms with Gasteiger partial charge in [-0.15, -0.1) is 0 Å². The van der Waals surface area contributed by atoms with Gasteiger partial charge in [0, 0.05) is 44.7 Å². The molecule has 0 radical (unpaired) electrons. The lowest BCUT2D eigenvalue weighted by molar-refractivity contribution is 0.775. The summed E-state index contributed by atoms with van der Waals surface area (Å²) >= 11 is 0. The fraction of sp³-hybridized carbons (Fsp3) is 0.0196. The third-order valence-electron chi connectivity index (χ3n) is 11.3. The smallest absolute Gasteiger partial charge is 0.0972 e. The zero-order chi connectivity index (χ0) is 35.6. The molecule has 0 saturated carbocycles. The fourth-order valence-corrected chi connectivity index (χ4v) is 8.96. The number of pyridine rings is 2. The zero-order valence-electron chi connectivity index (χ0n) is 29.4. The molecule has 3 aromatic heterocycles. The van der Waals surface area contributed by atoms with E-state index in [2.05, 4.69) is 198 Å². The van der Waals surface area contributed by atoms with Gasteiger partial charge in [0.05, 0.1) is 33.4 Å². The van der Waals surface area contributed by atoms with Gasteiger partial charge in [-0.2, -0.15) is 0 Å². The Balaban J connectivity index is 1.03. The van der Waals surface area contributed by atoms with Crippen LogP contribution in [0, 0.1) is 0 Å². The average molecular weight is 688 g/mol. The van der Waals surface area contributed by atoms with Crippen LogP contribution in [0.5, 0.6) is 0 Å². The monoisotopic (exact) mass is 687 g/mol. The van der Waals surface area contributed by atoms with Crippen molar-refractivity contribution in [3.63, 3.8) is 0 Å². The van der Waals surface area contributed by atoms with Gasteiger partial charge in [0.1, 0.15) is 0 Å². The molecule has 3 heteroatoms. The molecule has 7 aromatic carbocycles. The maximum Gasteiger partial charge on any atom is 0.0972 e. The summed E-state index contributed by atoms with van der Waals surface area (Å²) in [7, 11) is 0. The number of benzene rings is 7. The highest BCUT2D eigenvalue weighted by Crippen LogP contribution is 2.59. The molecular weight excluding hydrogens is 655 g/mol. The first-order chi connectivity index (χ1) is 26.8. The Kier molecular flexibility index (Phi) is 6.77. The van der Waals surface area contributed by atoms with Crippen LogP contribution >= 0.6 is 0 Å². The van der Waals surface area contributed by atoms with Gasteiger partial charge in [-0.25, -0.2) is 4.98 Å². The molecule has 11 rings (SSSR count). The summed E-state index contributed by atoms with van der Waals surface area (Å²) in [6.45, 7) is 0. The summed E-state index contributed by atoms with van der Waals surface area (Å²) in [6.07, 6.45) is 1.84. The Hall–Kier alpha value is -7.10. The van der Waals surface area contributed by atoms with Gasteiger partial charge in [-0.3, -0.25) is 4.98 Å². The lowest BCUT2D eigenvalue weighted by Gasteiger charge is -2.33. The number of hydrogen-bond donors (Lipinski definition) is 0. The maximum absolute atomic E-state index is 5.07. The zero-order valence-corrected chi connectivity index (χ0v) is 29.4. The van der Waals surface area contributed by atoms with Crippen molar-refractivity contribution < 1.29 is 0 Å². The molecule has 3 heterocycles. The summed E-state index contributed by atoms with van der Waals surface area (Å²) in [4.78, 5) is 9.71. The van der Waals surface area contributed by atoms with Gasteiger partial charge in [0.15, 0.2) is 0 Å². The highest BCUT2D eigenvalue weighted by Gasteiger charge is 2.49. The lowest BCUT2D eigenvalue weighted by Crippen LogP contribution is -2.28. The van der Waals surface area contributed by atoms with Gasteiger partial charge < -0.3 is 4.57 Å². The van der Waals surface area contributed by atoms with Crippen LogP contribution in [0.15, 0.2) is 200 Å². The van der Waals surface area contributed by atoms with E-state index in [-0.39, 0.29) is 0 Å². The van der Waals surface area contributed by atoms with Gasteiger partial charge in [-0.05, 0) is 58.1 Å². The predicted molar refractivity (Wildman–Crippen MR) is 222 cm³/mol. The van der Waals surface area contributed by atoms with E-state index >= 15 is 0 Å². The van der Waals surface area contributed by atoms with Crippen molar-refractivity contribution in [2.24, 2.45) is 0 Å². The molecule has 54 heavy (non-hydrogen) atoms. The van der Waals surface area contributed by atoms with Gasteiger partial charge in [0.2, 0.25) is 0 Å². The molecule has 1 aliphatic carbocycles.